The van der Waals surface area contributed by atoms with Gasteiger partial charge in [0.15, 0.2) is 5.79 Å². The number of aliphatic hydroxyl groups excluding tert-OH is 2. The van der Waals surface area contributed by atoms with E-state index in [2.05, 4.69) is 32.6 Å². The summed E-state index contributed by atoms with van der Waals surface area (Å²) in [7, 11) is 0. The summed E-state index contributed by atoms with van der Waals surface area (Å²) in [6, 6.07) is 0. The molecular formula is C23H36O4. The van der Waals surface area contributed by atoms with E-state index in [1.807, 2.05) is 0 Å². The van der Waals surface area contributed by atoms with Crippen LogP contribution in [0.1, 0.15) is 65.7 Å². The maximum absolute atomic E-state index is 10.8. The van der Waals surface area contributed by atoms with Crippen LogP contribution in [-0.2, 0) is 9.47 Å². The zero-order valence-electron chi connectivity index (χ0n) is 17.1. The Hall–Kier alpha value is -0.600. The molecule has 4 heteroatoms. The predicted octanol–water partition coefficient (Wildman–Crippen LogP) is 3.35. The van der Waals surface area contributed by atoms with E-state index in [0.29, 0.717) is 25.0 Å². The minimum Gasteiger partial charge on any atom is -0.392 e. The zero-order chi connectivity index (χ0) is 19.2. The van der Waals surface area contributed by atoms with Gasteiger partial charge in [-0.05, 0) is 43.4 Å². The van der Waals surface area contributed by atoms with Crippen LogP contribution in [0.25, 0.3) is 0 Å². The molecule has 1 unspecified atom stereocenters. The summed E-state index contributed by atoms with van der Waals surface area (Å²) in [5, 5.41) is 21.4. The van der Waals surface area contributed by atoms with Crippen LogP contribution in [0.3, 0.4) is 0 Å². The van der Waals surface area contributed by atoms with E-state index in [4.69, 9.17) is 9.47 Å². The molecule has 152 valence electrons. The molecule has 1 heterocycles. The standard InChI is InChI=1S/C23H36O4/c1-15(2)22-12-11-20(25)18(9-10-19(24)17-7-5-4-6-8-17)21(22)16(3)23(22)26-13-14-27-23/h15-21,24-25H,4-8,11-14H2,1-3H3/t16?,18-,19-,20+,21+,22+/m1/s1. The largest absolute Gasteiger partial charge is 0.392 e. The summed E-state index contributed by atoms with van der Waals surface area (Å²) in [6.45, 7) is 8.02. The van der Waals surface area contributed by atoms with Crippen molar-refractivity contribution >= 4 is 0 Å². The Morgan fingerprint density at radius 2 is 1.70 bits per heavy atom. The average molecular weight is 377 g/mol. The van der Waals surface area contributed by atoms with E-state index in [0.717, 1.165) is 25.7 Å². The number of ether oxygens (including phenoxy) is 2. The van der Waals surface area contributed by atoms with Gasteiger partial charge in [-0.2, -0.15) is 0 Å². The van der Waals surface area contributed by atoms with Gasteiger partial charge in [0.25, 0.3) is 0 Å². The lowest BCUT2D eigenvalue weighted by Crippen LogP contribution is -2.76. The van der Waals surface area contributed by atoms with Gasteiger partial charge in [0.1, 0.15) is 6.10 Å². The van der Waals surface area contributed by atoms with Crippen molar-refractivity contribution in [3.63, 3.8) is 0 Å². The molecule has 0 aromatic rings. The van der Waals surface area contributed by atoms with Gasteiger partial charge in [-0.1, -0.05) is 51.9 Å². The normalized spacial score (nSPS) is 42.3. The summed E-state index contributed by atoms with van der Waals surface area (Å²) in [4.78, 5) is 0. The Bertz CT molecular complexity index is 593. The molecule has 0 aromatic heterocycles. The van der Waals surface area contributed by atoms with Crippen LogP contribution in [0.5, 0.6) is 0 Å². The summed E-state index contributed by atoms with van der Waals surface area (Å²) < 4.78 is 12.5. The van der Waals surface area contributed by atoms with Crippen LogP contribution in [0.2, 0.25) is 0 Å². The molecule has 4 nitrogen and oxygen atoms in total. The Kier molecular flexibility index (Phi) is 5.35. The van der Waals surface area contributed by atoms with Crippen molar-refractivity contribution in [2.45, 2.75) is 83.7 Å². The van der Waals surface area contributed by atoms with Gasteiger partial charge in [-0.15, -0.1) is 0 Å². The molecule has 4 rings (SSSR count). The van der Waals surface area contributed by atoms with E-state index in [9.17, 15) is 10.2 Å². The van der Waals surface area contributed by atoms with Gasteiger partial charge in [0, 0.05) is 11.3 Å². The molecule has 1 spiro atoms. The molecule has 4 fully saturated rings. The second-order valence-corrected chi connectivity index (χ2v) is 9.64. The summed E-state index contributed by atoms with van der Waals surface area (Å²) in [5.41, 5.74) is -0.0860. The highest BCUT2D eigenvalue weighted by Gasteiger charge is 2.77. The minimum absolute atomic E-state index is 0.0860. The highest BCUT2D eigenvalue weighted by atomic mass is 16.7. The van der Waals surface area contributed by atoms with Crippen LogP contribution >= 0.6 is 0 Å². The monoisotopic (exact) mass is 376 g/mol. The Balaban J connectivity index is 1.59. The molecule has 1 aliphatic heterocycles. The average Bonchev–Trinajstić information content (AvgIpc) is 3.19. The molecule has 6 atom stereocenters. The fraction of sp³-hybridized carbons (Fsp3) is 0.913. The maximum Gasteiger partial charge on any atom is 0.177 e. The van der Waals surface area contributed by atoms with Crippen LogP contribution in [0.4, 0.5) is 0 Å². The Labute approximate surface area is 164 Å². The van der Waals surface area contributed by atoms with Gasteiger partial charge in [-0.3, -0.25) is 0 Å². The lowest BCUT2D eigenvalue weighted by molar-refractivity contribution is -0.398. The molecule has 0 radical (unpaired) electrons. The lowest BCUT2D eigenvalue weighted by atomic mass is 9.38. The summed E-state index contributed by atoms with van der Waals surface area (Å²) in [6.07, 6.45) is 6.49. The van der Waals surface area contributed by atoms with E-state index < -0.39 is 18.0 Å². The zero-order valence-corrected chi connectivity index (χ0v) is 17.1. The Morgan fingerprint density at radius 3 is 2.33 bits per heavy atom. The second-order valence-electron chi connectivity index (χ2n) is 9.64. The third-order valence-electron chi connectivity index (χ3n) is 8.28. The number of hydrogen-bond donors (Lipinski definition) is 2. The van der Waals surface area contributed by atoms with E-state index in [-0.39, 0.29) is 23.2 Å². The number of rotatable bonds is 2. The topological polar surface area (TPSA) is 58.9 Å². The first-order chi connectivity index (χ1) is 12.9. The van der Waals surface area contributed by atoms with Crippen molar-refractivity contribution in [2.24, 2.45) is 35.0 Å². The van der Waals surface area contributed by atoms with E-state index in [1.165, 1.54) is 19.3 Å². The van der Waals surface area contributed by atoms with Crippen LogP contribution < -0.4 is 0 Å². The molecule has 27 heavy (non-hydrogen) atoms. The highest BCUT2D eigenvalue weighted by Crippen LogP contribution is 2.72. The van der Waals surface area contributed by atoms with Gasteiger partial charge in [-0.25, -0.2) is 0 Å². The first-order valence-corrected chi connectivity index (χ1v) is 11.1. The molecule has 0 bridgehead atoms. The van der Waals surface area contributed by atoms with Crippen LogP contribution in [0, 0.1) is 46.8 Å². The molecular weight excluding hydrogens is 340 g/mol. The van der Waals surface area contributed by atoms with Crippen LogP contribution in [-0.4, -0.2) is 41.4 Å². The highest BCUT2D eigenvalue weighted by molar-refractivity contribution is 5.25. The number of hydrogen-bond acceptors (Lipinski definition) is 4. The molecule has 4 aliphatic rings. The van der Waals surface area contributed by atoms with Crippen molar-refractivity contribution in [1.82, 2.24) is 0 Å². The maximum atomic E-state index is 10.8. The predicted molar refractivity (Wildman–Crippen MR) is 104 cm³/mol. The first kappa shape index (κ1) is 19.7. The van der Waals surface area contributed by atoms with E-state index in [1.54, 1.807) is 0 Å². The Morgan fingerprint density at radius 1 is 1.04 bits per heavy atom. The third kappa shape index (κ3) is 2.81. The fourth-order valence-electron chi connectivity index (χ4n) is 6.99. The van der Waals surface area contributed by atoms with Gasteiger partial charge < -0.3 is 19.7 Å². The summed E-state index contributed by atoms with van der Waals surface area (Å²) >= 11 is 0. The number of fused-ring (bicyclic) bond motifs is 2. The molecule has 2 N–H and O–H groups in total. The molecule has 3 saturated carbocycles. The first-order valence-electron chi connectivity index (χ1n) is 11.1. The molecule has 0 aromatic carbocycles. The van der Waals surface area contributed by atoms with Gasteiger partial charge >= 0.3 is 0 Å². The van der Waals surface area contributed by atoms with Gasteiger partial charge in [0.2, 0.25) is 0 Å². The fourth-order valence-corrected chi connectivity index (χ4v) is 6.99. The quantitative estimate of drug-likeness (QED) is 0.726. The third-order valence-corrected chi connectivity index (χ3v) is 8.28. The van der Waals surface area contributed by atoms with Crippen molar-refractivity contribution in [1.29, 1.82) is 0 Å². The molecule has 3 aliphatic carbocycles. The van der Waals surface area contributed by atoms with Crippen molar-refractivity contribution in [2.75, 3.05) is 13.2 Å². The van der Waals surface area contributed by atoms with Crippen LogP contribution in [0.15, 0.2) is 0 Å². The summed E-state index contributed by atoms with van der Waals surface area (Å²) in [5.74, 6) is 7.07. The van der Waals surface area contributed by atoms with Gasteiger partial charge in [0.05, 0.1) is 25.2 Å². The SMILES string of the molecule is CC1[C@H]2[C@H](C#C[C@@H](O)C3CCCCC3)[C@@H](O)CC[C@@]2(C(C)C)C12OCCO2. The van der Waals surface area contributed by atoms with Crippen molar-refractivity contribution < 1.29 is 19.7 Å². The minimum atomic E-state index is -0.559. The number of aliphatic hydroxyl groups is 2. The van der Waals surface area contributed by atoms with Crippen molar-refractivity contribution in [3.8, 4) is 11.8 Å². The molecule has 0 amide bonds. The van der Waals surface area contributed by atoms with Crippen molar-refractivity contribution in [3.05, 3.63) is 0 Å². The van der Waals surface area contributed by atoms with E-state index >= 15 is 0 Å². The second kappa shape index (κ2) is 7.34. The smallest absolute Gasteiger partial charge is 0.177 e. The lowest BCUT2D eigenvalue weighted by Gasteiger charge is -2.71. The molecule has 1 saturated heterocycles.